The summed E-state index contributed by atoms with van der Waals surface area (Å²) in [5.41, 5.74) is 0.344. The molecule has 2 bridgehead atoms. The zero-order chi connectivity index (χ0) is 23.5. The van der Waals surface area contributed by atoms with E-state index in [1.807, 2.05) is 13.8 Å². The third-order valence-corrected chi connectivity index (χ3v) is 10.5. The van der Waals surface area contributed by atoms with Crippen molar-refractivity contribution < 1.29 is 24.1 Å². The van der Waals surface area contributed by atoms with Crippen LogP contribution in [0.4, 0.5) is 0 Å². The van der Waals surface area contributed by atoms with E-state index in [-0.39, 0.29) is 46.3 Å². The summed E-state index contributed by atoms with van der Waals surface area (Å²) in [6.45, 7) is 19.9. The van der Waals surface area contributed by atoms with E-state index in [9.17, 15) is 9.90 Å². The molecule has 5 nitrogen and oxygen atoms in total. The maximum absolute atomic E-state index is 12.0. The van der Waals surface area contributed by atoms with Crippen LogP contribution in [0.3, 0.4) is 0 Å². The second kappa shape index (κ2) is 6.60. The summed E-state index contributed by atoms with van der Waals surface area (Å²) in [5.74, 6) is -0.515. The highest BCUT2D eigenvalue weighted by Gasteiger charge is 2.80. The molecule has 0 aromatic heterocycles. The van der Waals surface area contributed by atoms with Crippen molar-refractivity contribution in [2.45, 2.75) is 105 Å². The van der Waals surface area contributed by atoms with Crippen LogP contribution < -0.4 is 0 Å². The van der Waals surface area contributed by atoms with Crippen molar-refractivity contribution in [2.75, 3.05) is 6.61 Å². The number of aliphatic hydroxyl groups excluding tert-OH is 1. The van der Waals surface area contributed by atoms with Gasteiger partial charge in [0.15, 0.2) is 5.79 Å². The van der Waals surface area contributed by atoms with Crippen molar-refractivity contribution in [3.63, 3.8) is 0 Å². The molecule has 0 aromatic rings. The summed E-state index contributed by atoms with van der Waals surface area (Å²) in [6, 6.07) is 0. The van der Waals surface area contributed by atoms with Crippen LogP contribution in [0.15, 0.2) is 12.2 Å². The van der Waals surface area contributed by atoms with Crippen LogP contribution >= 0.6 is 0 Å². The van der Waals surface area contributed by atoms with Gasteiger partial charge in [0.2, 0.25) is 0 Å². The van der Waals surface area contributed by atoms with Crippen molar-refractivity contribution in [3.05, 3.63) is 12.2 Å². The molecule has 5 aliphatic rings. The first-order valence-electron chi connectivity index (χ1n) is 12.6. The highest BCUT2D eigenvalue weighted by atomic mass is 16.7. The summed E-state index contributed by atoms with van der Waals surface area (Å²) in [6.07, 6.45) is 4.18. The molecule has 0 radical (unpaired) electrons. The first-order chi connectivity index (χ1) is 14.7. The third kappa shape index (κ3) is 2.65. The van der Waals surface area contributed by atoms with Gasteiger partial charge in [-0.05, 0) is 62.2 Å². The Morgan fingerprint density at radius 1 is 1.12 bits per heavy atom. The summed E-state index contributed by atoms with van der Waals surface area (Å²) in [7, 11) is 0. The Kier molecular flexibility index (Phi) is 4.72. The van der Waals surface area contributed by atoms with E-state index >= 15 is 0 Å². The number of esters is 1. The van der Waals surface area contributed by atoms with Gasteiger partial charge in [0.1, 0.15) is 0 Å². The monoisotopic (exact) mass is 446 g/mol. The molecule has 1 heterocycles. The van der Waals surface area contributed by atoms with Crippen LogP contribution in [0.1, 0.15) is 80.6 Å². The Labute approximate surface area is 193 Å². The van der Waals surface area contributed by atoms with Gasteiger partial charge in [-0.15, -0.1) is 0 Å². The predicted molar refractivity (Wildman–Crippen MR) is 122 cm³/mol. The van der Waals surface area contributed by atoms with E-state index in [2.05, 4.69) is 27.7 Å². The van der Waals surface area contributed by atoms with Gasteiger partial charge in [0, 0.05) is 18.3 Å². The minimum Gasteiger partial charge on any atom is -0.465 e. The van der Waals surface area contributed by atoms with Crippen LogP contribution in [0.2, 0.25) is 0 Å². The minimum absolute atomic E-state index is 0.0349. The lowest BCUT2D eigenvalue weighted by atomic mass is 9.38. The van der Waals surface area contributed by atoms with Gasteiger partial charge in [0.05, 0.1) is 30.3 Å². The van der Waals surface area contributed by atoms with E-state index in [0.717, 1.165) is 25.7 Å². The third-order valence-electron chi connectivity index (χ3n) is 10.5. The van der Waals surface area contributed by atoms with Crippen molar-refractivity contribution in [1.29, 1.82) is 0 Å². The quantitative estimate of drug-likeness (QED) is 0.484. The highest BCUT2D eigenvalue weighted by molar-refractivity contribution is 5.66. The Bertz CT molecular complexity index is 843. The molecule has 5 fully saturated rings. The largest absolute Gasteiger partial charge is 0.465 e. The molecule has 5 heteroatoms. The number of aliphatic hydroxyl groups is 1. The van der Waals surface area contributed by atoms with E-state index in [4.69, 9.17) is 20.8 Å². The molecule has 5 rings (SSSR count). The van der Waals surface area contributed by atoms with Crippen molar-refractivity contribution in [2.24, 2.45) is 39.4 Å². The Hall–Kier alpha value is -0.910. The summed E-state index contributed by atoms with van der Waals surface area (Å²) in [5, 5.41) is 11.9. The molecule has 1 N–H and O–H groups in total. The summed E-state index contributed by atoms with van der Waals surface area (Å²) >= 11 is 0. The SMILES string of the molecule is C=C1C(C)(C)[C@@H]2C[C@H](O)[C@H]3[C@]4(COC(C)=O)CCCC(C)(C)[C@H]4C[C@H]4OC(C)(C)O[C@H]2[C@]143. The number of ether oxygens (including phenoxy) is 3. The van der Waals surface area contributed by atoms with Crippen molar-refractivity contribution >= 4 is 5.97 Å². The van der Waals surface area contributed by atoms with Gasteiger partial charge in [-0.2, -0.15) is 0 Å². The lowest BCUT2D eigenvalue weighted by Gasteiger charge is -2.70. The fraction of sp³-hybridized carbons (Fsp3) is 0.889. The highest BCUT2D eigenvalue weighted by Crippen LogP contribution is 2.78. The smallest absolute Gasteiger partial charge is 0.302 e. The van der Waals surface area contributed by atoms with Crippen LogP contribution in [-0.4, -0.2) is 41.8 Å². The van der Waals surface area contributed by atoms with Gasteiger partial charge in [-0.1, -0.05) is 46.3 Å². The summed E-state index contributed by atoms with van der Waals surface area (Å²) in [4.78, 5) is 12.0. The fourth-order valence-corrected chi connectivity index (χ4v) is 9.43. The normalized spacial score (nSPS) is 49.7. The minimum atomic E-state index is -0.667. The fourth-order valence-electron chi connectivity index (χ4n) is 9.43. The molecular formula is C27H42O5. The molecule has 4 saturated carbocycles. The van der Waals surface area contributed by atoms with Gasteiger partial charge >= 0.3 is 5.97 Å². The lowest BCUT2D eigenvalue weighted by molar-refractivity contribution is -0.394. The second-order valence-electron chi connectivity index (χ2n) is 13.2. The molecule has 1 saturated heterocycles. The van der Waals surface area contributed by atoms with Crippen LogP contribution in [0.5, 0.6) is 0 Å². The Morgan fingerprint density at radius 3 is 2.47 bits per heavy atom. The topological polar surface area (TPSA) is 65.0 Å². The molecule has 0 aromatic carbocycles. The van der Waals surface area contributed by atoms with Crippen LogP contribution in [-0.2, 0) is 19.0 Å². The number of hydrogen-bond donors (Lipinski definition) is 1. The standard InChI is InChI=1S/C27H42O5/c1-15-24(5,6)17-12-18(29)21-26(14-30-16(2)28)11-9-10-23(3,4)19(26)13-20-27(15,21)22(17)32-25(7,8)31-20/h17-22,29H,1,9-14H2,2-8H3/t17-,18+,19-,20-,21+,22-,26+,27-/m1/s1. The number of hydrogen-bond acceptors (Lipinski definition) is 5. The number of fused-ring (bicyclic) bond motifs is 2. The van der Waals surface area contributed by atoms with Gasteiger partial charge in [-0.25, -0.2) is 0 Å². The van der Waals surface area contributed by atoms with E-state index in [1.54, 1.807) is 0 Å². The molecule has 32 heavy (non-hydrogen) atoms. The average molecular weight is 447 g/mol. The molecule has 1 spiro atoms. The predicted octanol–water partition coefficient (Wildman–Crippen LogP) is 4.87. The molecule has 4 aliphatic carbocycles. The van der Waals surface area contributed by atoms with Crippen LogP contribution in [0.25, 0.3) is 0 Å². The van der Waals surface area contributed by atoms with E-state index in [1.165, 1.54) is 12.5 Å². The molecule has 180 valence electrons. The van der Waals surface area contributed by atoms with Crippen molar-refractivity contribution in [1.82, 2.24) is 0 Å². The molecule has 1 aliphatic heterocycles. The van der Waals surface area contributed by atoms with Gasteiger partial charge in [0.25, 0.3) is 0 Å². The zero-order valence-corrected chi connectivity index (χ0v) is 21.0. The van der Waals surface area contributed by atoms with E-state index < -0.39 is 17.3 Å². The first kappa shape index (κ1) is 22.9. The average Bonchev–Trinajstić information content (AvgIpc) is 2.76. The zero-order valence-electron chi connectivity index (χ0n) is 21.0. The van der Waals surface area contributed by atoms with Crippen LogP contribution in [0, 0.1) is 39.4 Å². The number of rotatable bonds is 2. The molecule has 0 amide bonds. The maximum Gasteiger partial charge on any atom is 0.302 e. The molecule has 8 atom stereocenters. The number of carbonyl (C=O) groups excluding carboxylic acids is 1. The Morgan fingerprint density at radius 2 is 1.81 bits per heavy atom. The lowest BCUT2D eigenvalue weighted by Crippen LogP contribution is -2.74. The maximum atomic E-state index is 12.0. The molecule has 0 unspecified atom stereocenters. The second-order valence-corrected chi connectivity index (χ2v) is 13.2. The van der Waals surface area contributed by atoms with Gasteiger partial charge in [-0.3, -0.25) is 4.79 Å². The summed E-state index contributed by atoms with van der Waals surface area (Å²) < 4.78 is 19.3. The van der Waals surface area contributed by atoms with Gasteiger partial charge < -0.3 is 19.3 Å². The van der Waals surface area contributed by atoms with Crippen molar-refractivity contribution in [3.8, 4) is 0 Å². The molecular weight excluding hydrogens is 404 g/mol. The first-order valence-corrected chi connectivity index (χ1v) is 12.6. The Balaban J connectivity index is 1.75. The number of carbonyl (C=O) groups is 1. The van der Waals surface area contributed by atoms with E-state index in [0.29, 0.717) is 18.9 Å².